The first-order valence-corrected chi connectivity index (χ1v) is 6.99. The highest BCUT2D eigenvalue weighted by Gasteiger charge is 2.03. The molecule has 2 rings (SSSR count). The largest absolute Gasteiger partial charge is 0.497 e. The van der Waals surface area contributed by atoms with Gasteiger partial charge in [0.15, 0.2) is 5.84 Å². The van der Waals surface area contributed by atoms with Crippen LogP contribution in [0.3, 0.4) is 0 Å². The monoisotopic (exact) mass is 310 g/mol. The summed E-state index contributed by atoms with van der Waals surface area (Å²) in [6.45, 7) is 1.70. The van der Waals surface area contributed by atoms with E-state index in [-0.39, 0.29) is 5.84 Å². The molecule has 0 aliphatic heterocycles. The number of nitrogens with zero attached hydrogens (tertiary/aromatic N) is 3. The second-order valence-electron chi connectivity index (χ2n) is 4.61. The number of hydrogen-bond acceptors (Lipinski definition) is 5. The zero-order chi connectivity index (χ0) is 16.5. The fraction of sp³-hybridized carbons (Fsp3) is 0.118. The number of ether oxygens (including phenoxy) is 1. The summed E-state index contributed by atoms with van der Waals surface area (Å²) in [4.78, 5) is 4.27. The van der Waals surface area contributed by atoms with E-state index in [4.69, 9.17) is 4.74 Å². The van der Waals surface area contributed by atoms with E-state index in [1.54, 1.807) is 44.5 Å². The van der Waals surface area contributed by atoms with Gasteiger partial charge in [0, 0.05) is 0 Å². The predicted molar refractivity (Wildman–Crippen MR) is 92.2 cm³/mol. The summed E-state index contributed by atoms with van der Waals surface area (Å²) < 4.78 is 5.09. The molecule has 0 fully saturated rings. The summed E-state index contributed by atoms with van der Waals surface area (Å²) in [5.41, 5.74) is 4.09. The summed E-state index contributed by atoms with van der Waals surface area (Å²) in [7, 11) is 1.60. The van der Waals surface area contributed by atoms with Crippen LogP contribution in [0.2, 0.25) is 0 Å². The minimum absolute atomic E-state index is 0.223. The average molecular weight is 310 g/mol. The summed E-state index contributed by atoms with van der Waals surface area (Å²) in [5.74, 6) is 0.959. The Hall–Kier alpha value is -2.99. The van der Waals surface area contributed by atoms with E-state index in [1.165, 1.54) is 0 Å². The number of nitrogens with one attached hydrogen (secondary N) is 1. The Morgan fingerprint density at radius 1 is 1.09 bits per heavy atom. The van der Waals surface area contributed by atoms with Crippen LogP contribution < -0.4 is 10.2 Å². The molecule has 23 heavy (non-hydrogen) atoms. The predicted octanol–water partition coefficient (Wildman–Crippen LogP) is 3.20. The van der Waals surface area contributed by atoms with E-state index in [1.807, 2.05) is 35.8 Å². The van der Waals surface area contributed by atoms with E-state index >= 15 is 0 Å². The van der Waals surface area contributed by atoms with Crippen molar-refractivity contribution in [3.05, 3.63) is 60.2 Å². The van der Waals surface area contributed by atoms with E-state index in [0.29, 0.717) is 11.4 Å². The van der Waals surface area contributed by atoms with E-state index in [0.717, 1.165) is 11.3 Å². The molecular weight excluding hydrogens is 292 g/mol. The van der Waals surface area contributed by atoms with Gasteiger partial charge in [0.1, 0.15) is 11.5 Å². The third-order valence-corrected chi connectivity index (χ3v) is 2.98. The molecule has 0 aromatic heterocycles. The fourth-order valence-electron chi connectivity index (χ4n) is 1.74. The van der Waals surface area contributed by atoms with Crippen LogP contribution in [0.25, 0.3) is 0 Å². The van der Waals surface area contributed by atoms with E-state index in [9.17, 15) is 5.21 Å². The SMILES string of the molecule is COc1ccc(N=C(NO)C(C)=NN=Cc2ccccc2)cc1. The highest BCUT2D eigenvalue weighted by Crippen LogP contribution is 2.17. The van der Waals surface area contributed by atoms with Crippen LogP contribution >= 0.6 is 0 Å². The van der Waals surface area contributed by atoms with E-state index < -0.39 is 0 Å². The van der Waals surface area contributed by atoms with Gasteiger partial charge in [0.05, 0.1) is 19.0 Å². The summed E-state index contributed by atoms with van der Waals surface area (Å²) >= 11 is 0. The van der Waals surface area contributed by atoms with Crippen LogP contribution in [0.15, 0.2) is 69.8 Å². The molecule has 2 aromatic rings. The van der Waals surface area contributed by atoms with Crippen LogP contribution in [0.1, 0.15) is 12.5 Å². The quantitative estimate of drug-likeness (QED) is 0.505. The van der Waals surface area contributed by atoms with Gasteiger partial charge in [0.25, 0.3) is 0 Å². The first-order chi connectivity index (χ1) is 11.2. The fourth-order valence-corrected chi connectivity index (χ4v) is 1.74. The molecule has 0 aliphatic rings. The molecule has 6 heteroatoms. The summed E-state index contributed by atoms with van der Waals surface area (Å²) in [6, 6.07) is 16.7. The Labute approximate surface area is 134 Å². The number of aliphatic imine (C=N–C) groups is 1. The van der Waals surface area contributed by atoms with Crippen LogP contribution in [0, 0.1) is 0 Å². The average Bonchev–Trinajstić information content (AvgIpc) is 2.61. The molecule has 0 saturated heterocycles. The summed E-state index contributed by atoms with van der Waals surface area (Å²) in [5, 5.41) is 17.3. The van der Waals surface area contributed by atoms with Gasteiger partial charge < -0.3 is 4.74 Å². The molecule has 2 N–H and O–H groups in total. The number of hydroxylamine groups is 1. The summed E-state index contributed by atoms with van der Waals surface area (Å²) in [6.07, 6.45) is 1.63. The van der Waals surface area contributed by atoms with Crippen molar-refractivity contribution in [1.29, 1.82) is 0 Å². The number of amidine groups is 1. The van der Waals surface area contributed by atoms with Gasteiger partial charge in [0.2, 0.25) is 0 Å². The standard InChI is InChI=1S/C17H18N4O2/c1-13(20-18-12-14-6-4-3-5-7-14)17(21-22)19-15-8-10-16(23-2)11-9-15/h3-12,22H,1-2H3,(H,19,21). The topological polar surface area (TPSA) is 78.6 Å². The lowest BCUT2D eigenvalue weighted by molar-refractivity contribution is 0.236. The van der Waals surface area contributed by atoms with Crippen LogP contribution in [-0.4, -0.2) is 30.1 Å². The molecule has 6 nitrogen and oxygen atoms in total. The number of hydrogen-bond donors (Lipinski definition) is 2. The molecular formula is C17H18N4O2. The third-order valence-electron chi connectivity index (χ3n) is 2.98. The number of benzene rings is 2. The lowest BCUT2D eigenvalue weighted by Gasteiger charge is -2.04. The highest BCUT2D eigenvalue weighted by atomic mass is 16.5. The van der Waals surface area contributed by atoms with Crippen molar-refractivity contribution in [3.63, 3.8) is 0 Å². The molecule has 118 valence electrons. The van der Waals surface area contributed by atoms with Crippen LogP contribution in [0.5, 0.6) is 5.75 Å². The first kappa shape index (κ1) is 16.4. The third kappa shape index (κ3) is 5.05. The normalized spacial score (nSPS) is 12.5. The van der Waals surface area contributed by atoms with Crippen molar-refractivity contribution in [2.24, 2.45) is 15.2 Å². The number of rotatable bonds is 5. The van der Waals surface area contributed by atoms with Gasteiger partial charge in [-0.1, -0.05) is 30.3 Å². The maximum absolute atomic E-state index is 9.24. The molecule has 2 aromatic carbocycles. The molecule has 0 unspecified atom stereocenters. The van der Waals surface area contributed by atoms with Gasteiger partial charge in [-0.15, -0.1) is 0 Å². The molecule has 0 aliphatic carbocycles. The second-order valence-corrected chi connectivity index (χ2v) is 4.61. The van der Waals surface area contributed by atoms with Gasteiger partial charge >= 0.3 is 0 Å². The second kappa shape index (κ2) is 8.45. The molecule has 0 spiro atoms. The Morgan fingerprint density at radius 3 is 2.39 bits per heavy atom. The lowest BCUT2D eigenvalue weighted by Crippen LogP contribution is -2.26. The Bertz CT molecular complexity index is 707. The smallest absolute Gasteiger partial charge is 0.173 e. The van der Waals surface area contributed by atoms with Gasteiger partial charge in [-0.05, 0) is 36.8 Å². The van der Waals surface area contributed by atoms with Crippen LogP contribution in [0.4, 0.5) is 5.69 Å². The Balaban J connectivity index is 2.13. The first-order valence-electron chi connectivity index (χ1n) is 6.99. The Morgan fingerprint density at radius 2 is 1.78 bits per heavy atom. The molecule has 0 heterocycles. The van der Waals surface area contributed by atoms with Gasteiger partial charge in [-0.2, -0.15) is 10.2 Å². The van der Waals surface area contributed by atoms with Crippen LogP contribution in [-0.2, 0) is 0 Å². The maximum atomic E-state index is 9.24. The Kier molecular flexibility index (Phi) is 6.02. The van der Waals surface area contributed by atoms with Crippen molar-refractivity contribution < 1.29 is 9.94 Å². The van der Waals surface area contributed by atoms with Crippen molar-refractivity contribution in [3.8, 4) is 5.75 Å². The molecule has 0 saturated carbocycles. The van der Waals surface area contributed by atoms with Crippen molar-refractivity contribution in [2.45, 2.75) is 6.92 Å². The molecule has 0 atom stereocenters. The number of methoxy groups -OCH3 is 1. The highest BCUT2D eigenvalue weighted by molar-refractivity contribution is 6.40. The zero-order valence-corrected chi connectivity index (χ0v) is 13.0. The van der Waals surface area contributed by atoms with Crippen molar-refractivity contribution >= 4 is 23.4 Å². The lowest BCUT2D eigenvalue weighted by atomic mass is 10.2. The minimum atomic E-state index is 0.223. The maximum Gasteiger partial charge on any atom is 0.173 e. The zero-order valence-electron chi connectivity index (χ0n) is 13.0. The van der Waals surface area contributed by atoms with Crippen molar-refractivity contribution in [2.75, 3.05) is 7.11 Å². The molecule has 0 bridgehead atoms. The van der Waals surface area contributed by atoms with E-state index in [2.05, 4.69) is 15.2 Å². The van der Waals surface area contributed by atoms with Crippen molar-refractivity contribution in [1.82, 2.24) is 5.48 Å². The minimum Gasteiger partial charge on any atom is -0.497 e. The van der Waals surface area contributed by atoms with Gasteiger partial charge in [-0.25, -0.2) is 4.99 Å². The molecule has 0 amide bonds. The van der Waals surface area contributed by atoms with Gasteiger partial charge in [-0.3, -0.25) is 10.7 Å². The molecule has 0 radical (unpaired) electrons.